The largest absolute Gasteiger partial charge is 0.347 e. The van der Waals surface area contributed by atoms with Crippen LogP contribution in [0.5, 0.6) is 0 Å². The fourth-order valence-corrected chi connectivity index (χ4v) is 8.78. The summed E-state index contributed by atoms with van der Waals surface area (Å²) in [6.45, 7) is 9.97. The summed E-state index contributed by atoms with van der Waals surface area (Å²) in [7, 11) is 0. The van der Waals surface area contributed by atoms with Crippen LogP contribution >= 0.6 is 0 Å². The number of carbonyl (C=O) groups is 6. The van der Waals surface area contributed by atoms with Gasteiger partial charge in [-0.3, -0.25) is 33.8 Å². The highest BCUT2D eigenvalue weighted by Crippen LogP contribution is 2.49. The van der Waals surface area contributed by atoms with E-state index in [2.05, 4.69) is 25.9 Å². The van der Waals surface area contributed by atoms with E-state index in [0.29, 0.717) is 32.2 Å². The number of rotatable bonds is 12. The molecule has 52 heavy (non-hydrogen) atoms. The molecule has 1 unspecified atom stereocenters. The number of carbonyl (C=O) groups excluding carboxylic acids is 6. The number of nitrogens with one attached hydrogen (secondary N) is 3. The van der Waals surface area contributed by atoms with Crippen molar-refractivity contribution in [1.82, 2.24) is 35.7 Å². The number of Topliss-reactive ketones (excluding diaryl/α,β-unsaturated/α-hetero) is 1. The summed E-state index contributed by atoms with van der Waals surface area (Å²) in [6.07, 6.45) is 15.7. The summed E-state index contributed by atoms with van der Waals surface area (Å²) in [5.74, 6) is -3.01. The summed E-state index contributed by atoms with van der Waals surface area (Å²) < 4.78 is 0. The molecule has 13 heteroatoms. The van der Waals surface area contributed by atoms with Gasteiger partial charge in [0, 0.05) is 30.9 Å². The van der Waals surface area contributed by atoms with Crippen molar-refractivity contribution in [1.29, 1.82) is 0 Å². The Labute approximate surface area is 306 Å². The van der Waals surface area contributed by atoms with Gasteiger partial charge in [0.15, 0.2) is 0 Å². The van der Waals surface area contributed by atoms with Gasteiger partial charge in [-0.25, -0.2) is 4.98 Å². The third-order valence-corrected chi connectivity index (χ3v) is 11.7. The third-order valence-electron chi connectivity index (χ3n) is 11.7. The maximum Gasteiger partial charge on any atom is 0.289 e. The first-order valence-corrected chi connectivity index (χ1v) is 19.2. The number of hydrogen-bond donors (Lipinski definition) is 3. The molecule has 5 fully saturated rings. The summed E-state index contributed by atoms with van der Waals surface area (Å²) >= 11 is 0. The highest BCUT2D eigenvalue weighted by atomic mass is 16.2. The number of likely N-dealkylation sites (tertiary alicyclic amines) is 2. The first-order chi connectivity index (χ1) is 24.7. The van der Waals surface area contributed by atoms with Crippen molar-refractivity contribution in [3.05, 3.63) is 35.9 Å². The van der Waals surface area contributed by atoms with Crippen molar-refractivity contribution < 1.29 is 28.8 Å². The van der Waals surface area contributed by atoms with Crippen LogP contribution in [-0.4, -0.2) is 97.4 Å². The number of β-lactam (4-membered cyclic amide) rings is 1. The van der Waals surface area contributed by atoms with E-state index >= 15 is 4.79 Å². The maximum absolute atomic E-state index is 15.1. The molecule has 5 atom stereocenters. The van der Waals surface area contributed by atoms with Crippen LogP contribution < -0.4 is 16.0 Å². The molecule has 1 spiro atoms. The smallest absolute Gasteiger partial charge is 0.289 e. The van der Waals surface area contributed by atoms with Crippen LogP contribution in [-0.2, 0) is 24.0 Å². The van der Waals surface area contributed by atoms with E-state index in [-0.39, 0.29) is 35.4 Å². The fraction of sp³-hybridized carbons (Fsp3) is 0.692. The number of aromatic nitrogens is 2. The summed E-state index contributed by atoms with van der Waals surface area (Å²) in [5.41, 5.74) is -0.391. The molecular weight excluding hydrogens is 662 g/mol. The highest BCUT2D eigenvalue weighted by molar-refractivity contribution is 6.38. The zero-order chi connectivity index (χ0) is 37.4. The van der Waals surface area contributed by atoms with E-state index in [9.17, 15) is 24.0 Å². The fourth-order valence-electron chi connectivity index (χ4n) is 8.78. The normalized spacial score (nSPS) is 25.3. The molecule has 6 rings (SSSR count). The van der Waals surface area contributed by atoms with E-state index < -0.39 is 58.6 Å². The first-order valence-electron chi connectivity index (χ1n) is 19.2. The Morgan fingerprint density at radius 3 is 2.25 bits per heavy atom. The number of hydrogen-bond acceptors (Lipinski definition) is 8. The number of amides is 5. The van der Waals surface area contributed by atoms with Crippen molar-refractivity contribution in [2.24, 2.45) is 17.3 Å². The Kier molecular flexibility index (Phi) is 10.9. The zero-order valence-corrected chi connectivity index (χ0v) is 31.3. The lowest BCUT2D eigenvalue weighted by molar-refractivity contribution is -0.187. The quantitative estimate of drug-likeness (QED) is 0.168. The molecule has 1 aromatic rings. The van der Waals surface area contributed by atoms with Crippen molar-refractivity contribution in [3.63, 3.8) is 0 Å². The van der Waals surface area contributed by atoms with Gasteiger partial charge in [-0.2, -0.15) is 0 Å². The lowest BCUT2D eigenvalue weighted by Gasteiger charge is -2.63. The molecule has 0 radical (unpaired) electrons. The molecule has 1 aromatic heterocycles. The van der Waals surface area contributed by atoms with E-state index in [1.54, 1.807) is 9.80 Å². The van der Waals surface area contributed by atoms with E-state index in [1.807, 2.05) is 40.7 Å². The monoisotopic (exact) mass is 717 g/mol. The van der Waals surface area contributed by atoms with Crippen LogP contribution in [0.1, 0.15) is 122 Å². The van der Waals surface area contributed by atoms with Crippen LogP contribution in [0.3, 0.4) is 0 Å². The van der Waals surface area contributed by atoms with Crippen LogP contribution in [0, 0.1) is 17.3 Å². The standard InChI is InChI=1S/C39H55N7O6/c1-23(2)20-25-14-19-45(29(25)34(49)43-27(21-24-10-9-11-24)30(47)35(50)42-26-12-13-26)37(52)32(38(3,4)5)46-36(51)31(39(46)15-7-6-8-16-39)44-33(48)28-22-40-17-18-41-28/h17-18,20,22,24-27,29,31-32H,6-16,19,21H2,1-5H3,(H,42,50)(H,43,49)(H,44,48)/t25-,27?,29+,31-,32-/m1/s1. The lowest BCUT2D eigenvalue weighted by atomic mass is 9.65. The van der Waals surface area contributed by atoms with E-state index in [1.165, 1.54) is 18.6 Å². The Hall–Kier alpha value is -4.16. The summed E-state index contributed by atoms with van der Waals surface area (Å²) in [4.78, 5) is 94.9. The van der Waals surface area contributed by atoms with Gasteiger partial charge in [-0.1, -0.05) is 70.9 Å². The number of nitrogens with zero attached hydrogens (tertiary/aromatic N) is 4. The molecule has 3 N–H and O–H groups in total. The van der Waals surface area contributed by atoms with Crippen LogP contribution in [0.2, 0.25) is 0 Å². The average molecular weight is 718 g/mol. The van der Waals surface area contributed by atoms with Crippen LogP contribution in [0.4, 0.5) is 0 Å². The first kappa shape index (κ1) is 37.6. The zero-order valence-electron chi connectivity index (χ0n) is 31.3. The summed E-state index contributed by atoms with van der Waals surface area (Å²) in [5, 5.41) is 8.66. The second-order valence-corrected chi connectivity index (χ2v) is 17.0. The van der Waals surface area contributed by atoms with Gasteiger partial charge >= 0.3 is 0 Å². The van der Waals surface area contributed by atoms with Gasteiger partial charge in [-0.05, 0) is 63.7 Å². The molecule has 3 aliphatic carbocycles. The third kappa shape index (κ3) is 7.64. The minimum atomic E-state index is -0.985. The predicted octanol–water partition coefficient (Wildman–Crippen LogP) is 3.24. The van der Waals surface area contributed by atoms with Gasteiger partial charge in [0.1, 0.15) is 23.8 Å². The van der Waals surface area contributed by atoms with Crippen molar-refractivity contribution in [2.75, 3.05) is 6.54 Å². The topological polar surface area (TPSA) is 171 Å². The molecule has 0 bridgehead atoms. The Morgan fingerprint density at radius 2 is 1.67 bits per heavy atom. The Balaban J connectivity index is 1.28. The number of ketones is 1. The van der Waals surface area contributed by atoms with Crippen molar-refractivity contribution in [2.45, 2.75) is 147 Å². The lowest BCUT2D eigenvalue weighted by Crippen LogP contribution is -2.83. The van der Waals surface area contributed by atoms with Crippen molar-refractivity contribution >= 4 is 35.3 Å². The van der Waals surface area contributed by atoms with E-state index in [0.717, 1.165) is 56.9 Å². The summed E-state index contributed by atoms with van der Waals surface area (Å²) in [6, 6.07) is -3.65. The Morgan fingerprint density at radius 1 is 0.962 bits per heavy atom. The van der Waals surface area contributed by atoms with Gasteiger partial charge in [0.05, 0.1) is 17.8 Å². The molecule has 2 saturated heterocycles. The van der Waals surface area contributed by atoms with Gasteiger partial charge in [-0.15, -0.1) is 0 Å². The molecule has 5 aliphatic rings. The van der Waals surface area contributed by atoms with Gasteiger partial charge in [0.2, 0.25) is 23.5 Å². The molecule has 0 aromatic carbocycles. The predicted molar refractivity (Wildman–Crippen MR) is 192 cm³/mol. The molecule has 3 saturated carbocycles. The van der Waals surface area contributed by atoms with E-state index in [4.69, 9.17) is 0 Å². The van der Waals surface area contributed by atoms with Crippen LogP contribution in [0.15, 0.2) is 30.2 Å². The maximum atomic E-state index is 15.1. The molecule has 13 nitrogen and oxygen atoms in total. The molecular formula is C39H55N7O6. The molecule has 282 valence electrons. The second-order valence-electron chi connectivity index (χ2n) is 17.0. The molecule has 5 amide bonds. The molecule has 2 aliphatic heterocycles. The average Bonchev–Trinajstić information content (AvgIpc) is 3.81. The minimum Gasteiger partial charge on any atom is -0.347 e. The van der Waals surface area contributed by atoms with Gasteiger partial charge in [0.25, 0.3) is 11.8 Å². The SMILES string of the molecule is CC(C)=C[C@H]1CCN(C(=O)[C@@H](N2C(=O)[C@@H](NC(=O)c3cnccn3)C23CCCCC3)C(C)(C)C)[C@@H]1C(=O)NC(CC1CCC1)C(=O)C(=O)NC1CC1. The van der Waals surface area contributed by atoms with Crippen molar-refractivity contribution in [3.8, 4) is 0 Å². The molecule has 3 heterocycles. The highest BCUT2D eigenvalue weighted by Gasteiger charge is 2.65. The Bertz CT molecular complexity index is 1590. The minimum absolute atomic E-state index is 0.00688. The van der Waals surface area contributed by atoms with Gasteiger partial charge < -0.3 is 25.8 Å². The second kappa shape index (κ2) is 15.1. The number of allylic oxidation sites excluding steroid dienone is 1. The van der Waals surface area contributed by atoms with Crippen LogP contribution in [0.25, 0.3) is 0 Å².